The van der Waals surface area contributed by atoms with Crippen LogP contribution in [0.5, 0.6) is 11.5 Å². The predicted octanol–water partition coefficient (Wildman–Crippen LogP) is 3.36. The van der Waals surface area contributed by atoms with E-state index in [1.165, 1.54) is 18.8 Å². The number of amides is 1. The molecule has 1 N–H and O–H groups in total. The first-order valence-electron chi connectivity index (χ1n) is 9.50. The molecule has 0 saturated carbocycles. The van der Waals surface area contributed by atoms with Gasteiger partial charge in [0.15, 0.2) is 17.1 Å². The van der Waals surface area contributed by atoms with E-state index < -0.39 is 0 Å². The Hall–Kier alpha value is -4.20. The molecule has 0 unspecified atom stereocenters. The van der Waals surface area contributed by atoms with Gasteiger partial charge >= 0.3 is 0 Å². The molecule has 4 rings (SSSR count). The van der Waals surface area contributed by atoms with E-state index in [9.17, 15) is 9.59 Å². The minimum absolute atomic E-state index is 0.200. The van der Waals surface area contributed by atoms with E-state index in [0.29, 0.717) is 45.3 Å². The van der Waals surface area contributed by atoms with Crippen molar-refractivity contribution < 1.29 is 14.3 Å². The van der Waals surface area contributed by atoms with Gasteiger partial charge in [-0.1, -0.05) is 6.07 Å². The van der Waals surface area contributed by atoms with E-state index in [1.807, 2.05) is 0 Å². The monoisotopic (exact) mass is 416 g/mol. The quantitative estimate of drug-likeness (QED) is 0.536. The maximum atomic E-state index is 12.9. The lowest BCUT2D eigenvalue weighted by Gasteiger charge is -2.13. The molecular formula is C23H20N4O4. The van der Waals surface area contributed by atoms with Gasteiger partial charge in [0.05, 0.1) is 30.9 Å². The van der Waals surface area contributed by atoms with E-state index in [4.69, 9.17) is 9.47 Å². The molecule has 0 spiro atoms. The standard InChI is InChI=1S/C23H20N4O4/c1-14-25-21-18(7-5-13-24-21)23(29)27(14)16-11-9-15(10-12-16)26-22(28)17-6-4-8-19(30-2)20(17)31-3/h4-13H,1-3H3,(H,26,28). The Balaban J connectivity index is 1.64. The van der Waals surface area contributed by atoms with Crippen molar-refractivity contribution in [2.24, 2.45) is 0 Å². The number of rotatable bonds is 5. The van der Waals surface area contributed by atoms with Crippen LogP contribution in [-0.4, -0.2) is 34.7 Å². The third-order valence-electron chi connectivity index (χ3n) is 4.84. The number of hydrogen-bond donors (Lipinski definition) is 1. The first kappa shape index (κ1) is 20.1. The fourth-order valence-electron chi connectivity index (χ4n) is 3.39. The second-order valence-electron chi connectivity index (χ2n) is 6.72. The molecule has 2 aromatic carbocycles. The zero-order valence-corrected chi connectivity index (χ0v) is 17.2. The van der Waals surface area contributed by atoms with Crippen LogP contribution in [0.1, 0.15) is 16.2 Å². The number of benzene rings is 2. The van der Waals surface area contributed by atoms with E-state index in [-0.39, 0.29) is 11.5 Å². The molecule has 0 aliphatic rings. The third kappa shape index (κ3) is 3.71. The van der Waals surface area contributed by atoms with Gasteiger partial charge in [-0.2, -0.15) is 0 Å². The number of carbonyl (C=O) groups is 1. The van der Waals surface area contributed by atoms with Crippen LogP contribution in [0.2, 0.25) is 0 Å². The van der Waals surface area contributed by atoms with Crippen LogP contribution >= 0.6 is 0 Å². The van der Waals surface area contributed by atoms with Gasteiger partial charge in [0.1, 0.15) is 5.82 Å². The van der Waals surface area contributed by atoms with Crippen LogP contribution < -0.4 is 20.3 Å². The molecule has 31 heavy (non-hydrogen) atoms. The zero-order valence-electron chi connectivity index (χ0n) is 17.2. The summed E-state index contributed by atoms with van der Waals surface area (Å²) in [4.78, 5) is 34.2. The smallest absolute Gasteiger partial charge is 0.267 e. The molecule has 0 atom stereocenters. The van der Waals surface area contributed by atoms with Gasteiger partial charge in [-0.25, -0.2) is 9.97 Å². The lowest BCUT2D eigenvalue weighted by molar-refractivity contribution is 0.102. The zero-order chi connectivity index (χ0) is 22.0. The first-order valence-corrected chi connectivity index (χ1v) is 9.50. The number of pyridine rings is 1. The van der Waals surface area contributed by atoms with Gasteiger partial charge in [0.2, 0.25) is 0 Å². The van der Waals surface area contributed by atoms with Gasteiger partial charge in [0.25, 0.3) is 11.5 Å². The number of aryl methyl sites for hydroxylation is 1. The molecule has 0 fully saturated rings. The number of ether oxygens (including phenoxy) is 2. The molecule has 0 aliphatic carbocycles. The van der Waals surface area contributed by atoms with Crippen molar-refractivity contribution in [3.05, 3.63) is 82.5 Å². The van der Waals surface area contributed by atoms with E-state index in [1.54, 1.807) is 67.7 Å². The number of nitrogens with one attached hydrogen (secondary N) is 1. The first-order chi connectivity index (χ1) is 15.0. The fraction of sp³-hybridized carbons (Fsp3) is 0.130. The van der Waals surface area contributed by atoms with Crippen LogP contribution in [0, 0.1) is 6.92 Å². The van der Waals surface area contributed by atoms with Gasteiger partial charge < -0.3 is 14.8 Å². The minimum Gasteiger partial charge on any atom is -0.493 e. The highest BCUT2D eigenvalue weighted by Crippen LogP contribution is 2.31. The second kappa shape index (κ2) is 8.27. The number of hydrogen-bond acceptors (Lipinski definition) is 6. The van der Waals surface area contributed by atoms with Crippen LogP contribution in [0.3, 0.4) is 0 Å². The lowest BCUT2D eigenvalue weighted by atomic mass is 10.1. The van der Waals surface area contributed by atoms with Crippen molar-refractivity contribution >= 4 is 22.6 Å². The molecular weight excluding hydrogens is 396 g/mol. The summed E-state index contributed by atoms with van der Waals surface area (Å²) in [6, 6.07) is 15.4. The number of methoxy groups -OCH3 is 2. The fourth-order valence-corrected chi connectivity index (χ4v) is 3.39. The Kier molecular flexibility index (Phi) is 5.36. The lowest BCUT2D eigenvalue weighted by Crippen LogP contribution is -2.22. The highest BCUT2D eigenvalue weighted by Gasteiger charge is 2.17. The minimum atomic E-state index is -0.338. The maximum absolute atomic E-state index is 12.9. The van der Waals surface area contributed by atoms with Crippen molar-refractivity contribution in [3.63, 3.8) is 0 Å². The molecule has 2 heterocycles. The number of nitrogens with zero attached hydrogens (tertiary/aromatic N) is 3. The van der Waals surface area contributed by atoms with Crippen molar-refractivity contribution in [1.82, 2.24) is 14.5 Å². The maximum Gasteiger partial charge on any atom is 0.267 e. The third-order valence-corrected chi connectivity index (χ3v) is 4.84. The Bertz CT molecular complexity index is 1330. The summed E-state index contributed by atoms with van der Waals surface area (Å²) in [5, 5.41) is 3.27. The van der Waals surface area contributed by atoms with Crippen molar-refractivity contribution in [1.29, 1.82) is 0 Å². The van der Waals surface area contributed by atoms with Gasteiger partial charge in [-0.3, -0.25) is 14.2 Å². The largest absolute Gasteiger partial charge is 0.493 e. The molecule has 1 amide bonds. The summed E-state index contributed by atoms with van der Waals surface area (Å²) >= 11 is 0. The van der Waals surface area contributed by atoms with Crippen molar-refractivity contribution in [2.75, 3.05) is 19.5 Å². The average Bonchev–Trinajstić information content (AvgIpc) is 2.79. The summed E-state index contributed by atoms with van der Waals surface area (Å²) < 4.78 is 12.1. The molecule has 0 radical (unpaired) electrons. The highest BCUT2D eigenvalue weighted by atomic mass is 16.5. The number of fused-ring (bicyclic) bond motifs is 1. The van der Waals surface area contributed by atoms with Crippen LogP contribution in [-0.2, 0) is 0 Å². The Morgan fingerprint density at radius 2 is 1.77 bits per heavy atom. The SMILES string of the molecule is COc1cccc(C(=O)Nc2ccc(-n3c(C)nc4ncccc4c3=O)cc2)c1OC. The van der Waals surface area contributed by atoms with Crippen LogP contribution in [0.4, 0.5) is 5.69 Å². The van der Waals surface area contributed by atoms with Crippen LogP contribution in [0.25, 0.3) is 16.7 Å². The predicted molar refractivity (Wildman–Crippen MR) is 117 cm³/mol. The summed E-state index contributed by atoms with van der Waals surface area (Å²) in [6.45, 7) is 1.75. The molecule has 8 heteroatoms. The van der Waals surface area contributed by atoms with Gasteiger partial charge in [-0.05, 0) is 55.5 Å². The number of para-hydroxylation sites is 1. The van der Waals surface area contributed by atoms with E-state index in [0.717, 1.165) is 0 Å². The summed E-state index contributed by atoms with van der Waals surface area (Å²) in [6.07, 6.45) is 1.60. The Labute approximate surface area is 178 Å². The van der Waals surface area contributed by atoms with E-state index in [2.05, 4.69) is 15.3 Å². The molecule has 156 valence electrons. The highest BCUT2D eigenvalue weighted by molar-refractivity contribution is 6.06. The Morgan fingerprint density at radius 1 is 1.00 bits per heavy atom. The van der Waals surface area contributed by atoms with Crippen molar-refractivity contribution in [2.45, 2.75) is 6.92 Å². The molecule has 0 saturated heterocycles. The summed E-state index contributed by atoms with van der Waals surface area (Å²) in [5.74, 6) is 1.01. The molecule has 4 aromatic rings. The van der Waals surface area contributed by atoms with Gasteiger partial charge in [-0.15, -0.1) is 0 Å². The average molecular weight is 416 g/mol. The molecule has 0 aliphatic heterocycles. The summed E-state index contributed by atoms with van der Waals surface area (Å²) in [7, 11) is 3.00. The second-order valence-corrected chi connectivity index (χ2v) is 6.72. The number of anilines is 1. The van der Waals surface area contributed by atoms with Gasteiger partial charge in [0, 0.05) is 11.9 Å². The van der Waals surface area contributed by atoms with Crippen molar-refractivity contribution in [3.8, 4) is 17.2 Å². The van der Waals surface area contributed by atoms with E-state index >= 15 is 0 Å². The topological polar surface area (TPSA) is 95.3 Å². The normalized spacial score (nSPS) is 10.7. The Morgan fingerprint density at radius 3 is 2.48 bits per heavy atom. The summed E-state index contributed by atoms with van der Waals surface area (Å²) in [5.41, 5.74) is 1.77. The molecule has 8 nitrogen and oxygen atoms in total. The number of aromatic nitrogens is 3. The van der Waals surface area contributed by atoms with Crippen LogP contribution in [0.15, 0.2) is 65.6 Å². The molecule has 0 bridgehead atoms. The molecule has 2 aromatic heterocycles. The number of carbonyl (C=O) groups excluding carboxylic acids is 1.